The number of rotatable bonds is 6. The summed E-state index contributed by atoms with van der Waals surface area (Å²) in [5.74, 6) is -0.729. The molecule has 4 rings (SSSR count). The van der Waals surface area contributed by atoms with Crippen molar-refractivity contribution in [1.29, 1.82) is 0 Å². The number of ether oxygens (including phenoxy) is 1. The minimum absolute atomic E-state index is 0.0482. The van der Waals surface area contributed by atoms with Crippen LogP contribution in [-0.2, 0) is 9.53 Å². The van der Waals surface area contributed by atoms with Gasteiger partial charge in [-0.3, -0.25) is 14.2 Å². The lowest BCUT2D eigenvalue weighted by molar-refractivity contribution is -0.127. The topological polar surface area (TPSA) is 115 Å². The van der Waals surface area contributed by atoms with Gasteiger partial charge in [-0.1, -0.05) is 0 Å². The molecule has 0 unspecified atom stereocenters. The van der Waals surface area contributed by atoms with E-state index in [0.29, 0.717) is 35.2 Å². The highest BCUT2D eigenvalue weighted by Gasteiger charge is 2.33. The van der Waals surface area contributed by atoms with Gasteiger partial charge in [0.05, 0.1) is 11.3 Å². The maximum absolute atomic E-state index is 12.8. The molecule has 0 saturated carbocycles. The van der Waals surface area contributed by atoms with Gasteiger partial charge >= 0.3 is 5.97 Å². The molecule has 1 fully saturated rings. The van der Waals surface area contributed by atoms with E-state index in [1.54, 1.807) is 24.6 Å². The van der Waals surface area contributed by atoms with E-state index >= 15 is 0 Å². The molecule has 1 N–H and O–H groups in total. The number of aryl methyl sites for hydroxylation is 1. The Hall–Kier alpha value is -3.11. The number of aromatic carboxylic acids is 1. The lowest BCUT2D eigenvalue weighted by Gasteiger charge is -2.39. The number of hydrogen-bond donors (Lipinski definition) is 1. The average Bonchev–Trinajstić information content (AvgIpc) is 3.14. The van der Waals surface area contributed by atoms with Crippen molar-refractivity contribution in [2.75, 3.05) is 31.7 Å². The number of ketones is 1. The number of carboxylic acid groups (broad SMARTS) is 1. The predicted molar refractivity (Wildman–Crippen MR) is 107 cm³/mol. The fourth-order valence-corrected chi connectivity index (χ4v) is 4.02. The summed E-state index contributed by atoms with van der Waals surface area (Å²) in [6, 6.07) is 1.75. The van der Waals surface area contributed by atoms with Crippen LogP contribution in [0.1, 0.15) is 15.9 Å². The summed E-state index contributed by atoms with van der Waals surface area (Å²) >= 11 is 1.31. The van der Waals surface area contributed by atoms with Crippen molar-refractivity contribution < 1.29 is 19.4 Å². The third-order valence-electron chi connectivity index (χ3n) is 4.95. The Morgan fingerprint density at radius 1 is 1.38 bits per heavy atom. The maximum Gasteiger partial charge on any atom is 0.341 e. The first-order chi connectivity index (χ1) is 13.9. The third-order valence-corrected chi connectivity index (χ3v) is 5.72. The number of fused-ring (bicyclic) bond motifs is 1. The quantitative estimate of drug-likeness (QED) is 0.645. The molecule has 0 aliphatic carbocycles. The smallest absolute Gasteiger partial charge is 0.341 e. The van der Waals surface area contributed by atoms with Crippen molar-refractivity contribution in [1.82, 2.24) is 14.5 Å². The standard InChI is InChI=1S/C19H18N4O5S/c1-10-5-14(22-6-11(7-22)13(24)9-28-2)21-17-15(10)16(25)12(18(26)27)8-23(17)19-20-3-4-29-19/h3-5,8,11H,6-7,9H2,1-2H3,(H,26,27). The van der Waals surface area contributed by atoms with E-state index in [-0.39, 0.29) is 29.3 Å². The molecular weight excluding hydrogens is 396 g/mol. The van der Waals surface area contributed by atoms with Crippen LogP contribution in [0.3, 0.4) is 0 Å². The molecule has 0 aromatic carbocycles. The lowest BCUT2D eigenvalue weighted by Crippen LogP contribution is -2.51. The molecule has 10 heteroatoms. The van der Waals surface area contributed by atoms with Crippen molar-refractivity contribution >= 4 is 39.9 Å². The molecule has 3 aromatic heterocycles. The van der Waals surface area contributed by atoms with Crippen LogP contribution in [0.5, 0.6) is 0 Å². The van der Waals surface area contributed by atoms with Gasteiger partial charge < -0.3 is 14.7 Å². The molecular formula is C19H18N4O5S. The summed E-state index contributed by atoms with van der Waals surface area (Å²) in [5, 5.41) is 12.0. The molecule has 0 atom stereocenters. The minimum Gasteiger partial charge on any atom is -0.477 e. The molecule has 1 aliphatic rings. The van der Waals surface area contributed by atoms with E-state index in [0.717, 1.165) is 0 Å². The zero-order valence-corrected chi connectivity index (χ0v) is 16.6. The number of aromatic nitrogens is 3. The monoisotopic (exact) mass is 414 g/mol. The maximum atomic E-state index is 12.8. The molecule has 0 radical (unpaired) electrons. The largest absolute Gasteiger partial charge is 0.477 e. The molecule has 4 heterocycles. The van der Waals surface area contributed by atoms with Crippen molar-refractivity contribution in [3.63, 3.8) is 0 Å². The normalized spacial score (nSPS) is 14.2. The van der Waals surface area contributed by atoms with Crippen LogP contribution in [0.25, 0.3) is 16.2 Å². The molecule has 1 saturated heterocycles. The van der Waals surface area contributed by atoms with Gasteiger partial charge in [0.1, 0.15) is 18.0 Å². The van der Waals surface area contributed by atoms with Crippen LogP contribution in [0, 0.1) is 12.8 Å². The fraction of sp³-hybridized carbons (Fsp3) is 0.316. The van der Waals surface area contributed by atoms with Crippen LogP contribution in [0.15, 0.2) is 28.6 Å². The van der Waals surface area contributed by atoms with Crippen molar-refractivity contribution in [2.24, 2.45) is 5.92 Å². The van der Waals surface area contributed by atoms with Crippen molar-refractivity contribution in [3.8, 4) is 5.13 Å². The molecule has 1 aliphatic heterocycles. The van der Waals surface area contributed by atoms with Gasteiger partial charge in [0.25, 0.3) is 0 Å². The number of carboxylic acids is 1. The van der Waals surface area contributed by atoms with Gasteiger partial charge in [0.2, 0.25) is 5.43 Å². The number of carbonyl (C=O) groups excluding carboxylic acids is 1. The first-order valence-corrected chi connectivity index (χ1v) is 9.75. The fourth-order valence-electron chi connectivity index (χ4n) is 3.40. The van der Waals surface area contributed by atoms with Gasteiger partial charge in [-0.15, -0.1) is 11.3 Å². The second-order valence-corrected chi connectivity index (χ2v) is 7.73. The molecule has 9 nitrogen and oxygen atoms in total. The van der Waals surface area contributed by atoms with Gasteiger partial charge in [0, 0.05) is 38.0 Å². The summed E-state index contributed by atoms with van der Waals surface area (Å²) in [5.41, 5.74) is 0.0554. The Balaban J connectivity index is 1.82. The number of thiazole rings is 1. The van der Waals surface area contributed by atoms with E-state index in [4.69, 9.17) is 4.74 Å². The highest BCUT2D eigenvalue weighted by Crippen LogP contribution is 2.28. The van der Waals surface area contributed by atoms with Crippen LogP contribution in [-0.4, -0.2) is 58.2 Å². The second-order valence-electron chi connectivity index (χ2n) is 6.86. The Morgan fingerprint density at radius 3 is 2.76 bits per heavy atom. The van der Waals surface area contributed by atoms with Gasteiger partial charge in [-0.2, -0.15) is 0 Å². The number of hydrogen-bond acceptors (Lipinski definition) is 8. The summed E-state index contributed by atoms with van der Waals surface area (Å²) in [7, 11) is 1.49. The third kappa shape index (κ3) is 3.30. The SMILES string of the molecule is COCC(=O)C1CN(c2cc(C)c3c(=O)c(C(=O)O)cn(-c4nccs4)c3n2)C1. The Kier molecular flexibility index (Phi) is 4.89. The Morgan fingerprint density at radius 2 is 2.14 bits per heavy atom. The van der Waals surface area contributed by atoms with Crippen LogP contribution < -0.4 is 10.3 Å². The Bertz CT molecular complexity index is 1170. The molecule has 29 heavy (non-hydrogen) atoms. The van der Waals surface area contributed by atoms with E-state index in [2.05, 4.69) is 9.97 Å². The van der Waals surface area contributed by atoms with E-state index in [1.165, 1.54) is 29.2 Å². The molecule has 0 spiro atoms. The number of nitrogens with zero attached hydrogens (tertiary/aromatic N) is 4. The predicted octanol–water partition coefficient (Wildman–Crippen LogP) is 1.50. The van der Waals surface area contributed by atoms with Gasteiger partial charge in [-0.25, -0.2) is 14.8 Å². The number of methoxy groups -OCH3 is 1. The molecule has 0 amide bonds. The molecule has 150 valence electrons. The Labute approximate surface area is 169 Å². The lowest BCUT2D eigenvalue weighted by atomic mass is 9.95. The average molecular weight is 414 g/mol. The molecule has 0 bridgehead atoms. The minimum atomic E-state index is -1.30. The highest BCUT2D eigenvalue weighted by molar-refractivity contribution is 7.12. The van der Waals surface area contributed by atoms with Crippen molar-refractivity contribution in [2.45, 2.75) is 6.92 Å². The van der Waals surface area contributed by atoms with Crippen LogP contribution in [0.2, 0.25) is 0 Å². The highest BCUT2D eigenvalue weighted by atomic mass is 32.1. The zero-order valence-electron chi connectivity index (χ0n) is 15.8. The molecule has 3 aromatic rings. The van der Waals surface area contributed by atoms with Gasteiger partial charge in [-0.05, 0) is 18.6 Å². The summed E-state index contributed by atoms with van der Waals surface area (Å²) in [6.07, 6.45) is 2.87. The summed E-state index contributed by atoms with van der Waals surface area (Å²) in [6.45, 7) is 2.88. The van der Waals surface area contributed by atoms with E-state index in [1.807, 2.05) is 4.90 Å². The first kappa shape index (κ1) is 19.2. The van der Waals surface area contributed by atoms with Gasteiger partial charge in [0.15, 0.2) is 16.6 Å². The summed E-state index contributed by atoms with van der Waals surface area (Å²) < 4.78 is 6.44. The second kappa shape index (κ2) is 7.37. The van der Waals surface area contributed by atoms with E-state index in [9.17, 15) is 19.5 Å². The number of Topliss-reactive ketones (excluding diaryl/α,β-unsaturated/α-hetero) is 1. The number of pyridine rings is 2. The zero-order chi connectivity index (χ0) is 20.7. The number of anilines is 1. The van der Waals surface area contributed by atoms with Crippen LogP contribution >= 0.6 is 11.3 Å². The summed E-state index contributed by atoms with van der Waals surface area (Å²) in [4.78, 5) is 47.1. The van der Waals surface area contributed by atoms with E-state index < -0.39 is 11.4 Å². The van der Waals surface area contributed by atoms with Crippen molar-refractivity contribution in [3.05, 3.63) is 45.2 Å². The first-order valence-electron chi connectivity index (χ1n) is 8.87. The number of carbonyl (C=O) groups is 2. The van der Waals surface area contributed by atoms with Crippen LogP contribution in [0.4, 0.5) is 5.82 Å².